The maximum atomic E-state index is 12.5. The van der Waals surface area contributed by atoms with Crippen molar-refractivity contribution in [3.63, 3.8) is 0 Å². The van der Waals surface area contributed by atoms with E-state index in [1.165, 1.54) is 60.8 Å². The third kappa shape index (κ3) is 4.92. The normalized spacial score (nSPS) is 14.7. The van der Waals surface area contributed by atoms with Crippen LogP contribution in [-0.4, -0.2) is 31.4 Å². The fourth-order valence-electron chi connectivity index (χ4n) is 3.87. The number of anilines is 1. The Morgan fingerprint density at radius 1 is 1.20 bits per heavy atom. The molecule has 1 saturated carbocycles. The Balaban J connectivity index is 1.35. The summed E-state index contributed by atoms with van der Waals surface area (Å²) in [5.74, 6) is 1.16. The summed E-state index contributed by atoms with van der Waals surface area (Å²) in [5, 5.41) is 14.9. The molecule has 4 rings (SSSR count). The van der Waals surface area contributed by atoms with Gasteiger partial charge >= 0.3 is 0 Å². The molecule has 3 aromatic rings. The second kappa shape index (κ2) is 9.75. The molecular weight excluding hydrogens is 414 g/mol. The predicted octanol–water partition coefficient (Wildman–Crippen LogP) is 5.51. The average Bonchev–Trinajstić information content (AvgIpc) is 3.39. The minimum Gasteiger partial charge on any atom is -0.303 e. The second-order valence-electron chi connectivity index (χ2n) is 7.62. The van der Waals surface area contributed by atoms with Crippen LogP contribution in [0, 0.1) is 6.92 Å². The van der Waals surface area contributed by atoms with Crippen LogP contribution in [0.3, 0.4) is 0 Å². The molecule has 0 radical (unpaired) electrons. The molecule has 6 nitrogen and oxygen atoms in total. The van der Waals surface area contributed by atoms with Crippen molar-refractivity contribution in [2.75, 3.05) is 11.1 Å². The van der Waals surface area contributed by atoms with Crippen LogP contribution in [-0.2, 0) is 11.2 Å². The topological polar surface area (TPSA) is 72.7 Å². The highest BCUT2D eigenvalue weighted by Gasteiger charge is 2.22. The van der Waals surface area contributed by atoms with Crippen molar-refractivity contribution in [2.45, 2.75) is 63.6 Å². The molecule has 30 heavy (non-hydrogen) atoms. The zero-order valence-corrected chi connectivity index (χ0v) is 19.1. The fraction of sp³-hybridized carbons (Fsp3) is 0.455. The van der Waals surface area contributed by atoms with Gasteiger partial charge in [-0.05, 0) is 31.7 Å². The molecule has 158 valence electrons. The van der Waals surface area contributed by atoms with Gasteiger partial charge < -0.3 is 9.88 Å². The summed E-state index contributed by atoms with van der Waals surface area (Å²) in [6, 6.07) is 8.85. The summed E-state index contributed by atoms with van der Waals surface area (Å²) in [6.45, 7) is 4.14. The van der Waals surface area contributed by atoms with E-state index in [9.17, 15) is 4.79 Å². The van der Waals surface area contributed by atoms with E-state index >= 15 is 0 Å². The van der Waals surface area contributed by atoms with Crippen molar-refractivity contribution in [3.05, 3.63) is 41.0 Å². The lowest BCUT2D eigenvalue weighted by atomic mass is 9.95. The first-order valence-electron chi connectivity index (χ1n) is 10.5. The molecule has 0 saturated heterocycles. The minimum atomic E-state index is -0.0712. The van der Waals surface area contributed by atoms with Gasteiger partial charge in [0.2, 0.25) is 5.91 Å². The molecule has 1 N–H and O–H groups in total. The zero-order chi connectivity index (χ0) is 20.9. The molecule has 8 heteroatoms. The van der Waals surface area contributed by atoms with Crippen LogP contribution in [0.25, 0.3) is 11.3 Å². The number of benzene rings is 1. The van der Waals surface area contributed by atoms with Crippen molar-refractivity contribution in [1.29, 1.82) is 0 Å². The lowest BCUT2D eigenvalue weighted by molar-refractivity contribution is -0.113. The predicted molar refractivity (Wildman–Crippen MR) is 123 cm³/mol. The molecule has 1 aliphatic carbocycles. The third-order valence-corrected chi connectivity index (χ3v) is 7.22. The van der Waals surface area contributed by atoms with Gasteiger partial charge in [-0.15, -0.1) is 21.5 Å². The third-order valence-electron chi connectivity index (χ3n) is 5.52. The Hall–Kier alpha value is -2.19. The number of carbonyl (C=O) groups is 1. The molecule has 2 aromatic heterocycles. The van der Waals surface area contributed by atoms with E-state index in [4.69, 9.17) is 0 Å². The Bertz CT molecular complexity index is 989. The lowest BCUT2D eigenvalue weighted by Crippen LogP contribution is -2.17. The van der Waals surface area contributed by atoms with Crippen LogP contribution in [0.4, 0.5) is 5.13 Å². The molecule has 1 aromatic carbocycles. The monoisotopic (exact) mass is 441 g/mol. The van der Waals surface area contributed by atoms with Crippen LogP contribution in [0.1, 0.15) is 56.5 Å². The Kier molecular flexibility index (Phi) is 6.84. The Morgan fingerprint density at radius 2 is 1.97 bits per heavy atom. The first-order valence-corrected chi connectivity index (χ1v) is 12.4. The second-order valence-corrected chi connectivity index (χ2v) is 9.42. The molecular formula is C22H27N5OS2. The molecule has 1 aliphatic rings. The van der Waals surface area contributed by atoms with E-state index in [0.29, 0.717) is 16.9 Å². The summed E-state index contributed by atoms with van der Waals surface area (Å²) in [6.07, 6.45) is 7.16. The van der Waals surface area contributed by atoms with Crippen LogP contribution < -0.4 is 5.32 Å². The first-order chi connectivity index (χ1) is 14.6. The van der Waals surface area contributed by atoms with Gasteiger partial charge in [-0.1, -0.05) is 62.2 Å². The van der Waals surface area contributed by atoms with Gasteiger partial charge in [-0.2, -0.15) is 0 Å². The Labute approximate surface area is 185 Å². The van der Waals surface area contributed by atoms with Gasteiger partial charge in [0, 0.05) is 17.0 Å². The summed E-state index contributed by atoms with van der Waals surface area (Å²) in [4.78, 5) is 17.1. The van der Waals surface area contributed by atoms with Gasteiger partial charge in [0.25, 0.3) is 0 Å². The number of hydrogen-bond acceptors (Lipinski definition) is 6. The number of aromatic nitrogens is 4. The minimum absolute atomic E-state index is 0.0712. The number of rotatable bonds is 7. The summed E-state index contributed by atoms with van der Waals surface area (Å²) < 4.78 is 2.22. The van der Waals surface area contributed by atoms with Gasteiger partial charge in [0.15, 0.2) is 10.3 Å². The van der Waals surface area contributed by atoms with Gasteiger partial charge in [0.05, 0.1) is 11.4 Å². The van der Waals surface area contributed by atoms with Crippen molar-refractivity contribution < 1.29 is 4.79 Å². The number of nitrogens with zero attached hydrogens (tertiary/aromatic N) is 4. The highest BCUT2D eigenvalue weighted by Crippen LogP contribution is 2.32. The number of carbonyl (C=O) groups excluding carboxylic acids is 1. The van der Waals surface area contributed by atoms with Crippen molar-refractivity contribution in [3.8, 4) is 11.3 Å². The van der Waals surface area contributed by atoms with E-state index in [-0.39, 0.29) is 5.91 Å². The van der Waals surface area contributed by atoms with E-state index in [1.54, 1.807) is 0 Å². The highest BCUT2D eigenvalue weighted by atomic mass is 32.2. The number of aryl methyl sites for hydroxylation is 2. The van der Waals surface area contributed by atoms with Crippen molar-refractivity contribution in [1.82, 2.24) is 19.7 Å². The van der Waals surface area contributed by atoms with Crippen LogP contribution >= 0.6 is 23.1 Å². The molecule has 0 aliphatic heterocycles. The lowest BCUT2D eigenvalue weighted by Gasteiger charge is -2.24. The van der Waals surface area contributed by atoms with Gasteiger partial charge in [-0.25, -0.2) is 4.98 Å². The fourth-order valence-corrected chi connectivity index (χ4v) is 5.46. The van der Waals surface area contributed by atoms with Gasteiger partial charge in [0.1, 0.15) is 5.82 Å². The Morgan fingerprint density at radius 3 is 2.70 bits per heavy atom. The largest absolute Gasteiger partial charge is 0.303 e. The summed E-state index contributed by atoms with van der Waals surface area (Å²) in [7, 11) is 0. The molecule has 0 spiro atoms. The SMILES string of the molecule is CCc1ccc(-c2csc(NC(=O)CSc3nnc(C)n3C3CCCCC3)n2)cc1. The molecule has 0 unspecified atom stereocenters. The van der Waals surface area contributed by atoms with Gasteiger partial charge in [-0.3, -0.25) is 4.79 Å². The molecule has 0 atom stereocenters. The average molecular weight is 442 g/mol. The van der Waals surface area contributed by atoms with Crippen LogP contribution in [0.5, 0.6) is 0 Å². The maximum absolute atomic E-state index is 12.5. The zero-order valence-electron chi connectivity index (χ0n) is 17.4. The maximum Gasteiger partial charge on any atom is 0.236 e. The molecule has 1 amide bonds. The van der Waals surface area contributed by atoms with Crippen LogP contribution in [0.15, 0.2) is 34.8 Å². The molecule has 0 bridgehead atoms. The van der Waals surface area contributed by atoms with E-state index in [1.807, 2.05) is 12.3 Å². The number of nitrogens with one attached hydrogen (secondary N) is 1. The first kappa shape index (κ1) is 21.1. The number of amides is 1. The molecule has 1 fully saturated rings. The standard InChI is InChI=1S/C22H27N5OS2/c1-3-16-9-11-17(12-10-16)19-13-29-21(23-19)24-20(28)14-30-22-26-25-15(2)27(22)18-7-5-4-6-8-18/h9-13,18H,3-8,14H2,1-2H3,(H,23,24,28). The van der Waals surface area contributed by atoms with E-state index in [0.717, 1.165) is 28.7 Å². The van der Waals surface area contributed by atoms with Crippen LogP contribution in [0.2, 0.25) is 0 Å². The highest BCUT2D eigenvalue weighted by molar-refractivity contribution is 7.99. The van der Waals surface area contributed by atoms with E-state index in [2.05, 4.69) is 56.3 Å². The van der Waals surface area contributed by atoms with E-state index < -0.39 is 0 Å². The smallest absolute Gasteiger partial charge is 0.236 e. The number of thioether (sulfide) groups is 1. The van der Waals surface area contributed by atoms with Crippen molar-refractivity contribution >= 4 is 34.1 Å². The number of hydrogen-bond donors (Lipinski definition) is 1. The summed E-state index contributed by atoms with van der Waals surface area (Å²) >= 11 is 2.90. The molecule has 2 heterocycles. The summed E-state index contributed by atoms with van der Waals surface area (Å²) in [5.41, 5.74) is 3.25. The number of thiazole rings is 1. The van der Waals surface area contributed by atoms with Crippen molar-refractivity contribution in [2.24, 2.45) is 0 Å². The quantitative estimate of drug-likeness (QED) is 0.490.